The highest BCUT2D eigenvalue weighted by molar-refractivity contribution is 7.10. The van der Waals surface area contributed by atoms with Gasteiger partial charge in [0.15, 0.2) is 0 Å². The van der Waals surface area contributed by atoms with Crippen molar-refractivity contribution in [2.24, 2.45) is 0 Å². The molecule has 3 atom stereocenters. The highest BCUT2D eigenvalue weighted by Crippen LogP contribution is 2.42. The highest BCUT2D eigenvalue weighted by Gasteiger charge is 2.47. The molecule has 30 heavy (non-hydrogen) atoms. The van der Waals surface area contributed by atoms with Crippen molar-refractivity contribution in [1.82, 2.24) is 4.90 Å². The summed E-state index contributed by atoms with van der Waals surface area (Å²) >= 11 is 1.47. The summed E-state index contributed by atoms with van der Waals surface area (Å²) in [6, 6.07) is 8.60. The first-order valence-electron chi connectivity index (χ1n) is 10.3. The van der Waals surface area contributed by atoms with E-state index in [4.69, 9.17) is 9.47 Å². The number of hydrogen-bond donors (Lipinski definition) is 1. The van der Waals surface area contributed by atoms with Gasteiger partial charge in [-0.05, 0) is 55.0 Å². The molecular formula is C23H23NO5S. The second kappa shape index (κ2) is 7.56. The van der Waals surface area contributed by atoms with Gasteiger partial charge in [-0.25, -0.2) is 0 Å². The first-order chi connectivity index (χ1) is 14.5. The molecule has 1 aromatic heterocycles. The van der Waals surface area contributed by atoms with Crippen LogP contribution in [0.4, 0.5) is 0 Å². The Hall–Kier alpha value is -2.64. The number of Topliss-reactive ketones (excluding diaryl/α,β-unsaturated/α-hetero) is 1. The van der Waals surface area contributed by atoms with Gasteiger partial charge in [-0.2, -0.15) is 0 Å². The zero-order chi connectivity index (χ0) is 20.8. The maximum absolute atomic E-state index is 13.0. The van der Waals surface area contributed by atoms with Crippen LogP contribution in [-0.4, -0.2) is 47.1 Å². The fourth-order valence-corrected chi connectivity index (χ4v) is 5.39. The number of carbonyl (C=O) groups is 2. The molecule has 6 nitrogen and oxygen atoms in total. The summed E-state index contributed by atoms with van der Waals surface area (Å²) in [7, 11) is 0. The normalized spacial score (nSPS) is 27.5. The summed E-state index contributed by atoms with van der Waals surface area (Å²) in [6.45, 7) is 3.01. The number of benzene rings is 1. The third kappa shape index (κ3) is 3.22. The SMILES string of the molecule is CC1Cc2cc(/C(O)=C3\C(=O)C(=O)N(CC4CCCO4)C3c3cccs3)ccc2O1. The number of aliphatic hydroxyl groups is 1. The van der Waals surface area contributed by atoms with Crippen LogP contribution in [0.15, 0.2) is 41.3 Å². The van der Waals surface area contributed by atoms with Crippen LogP contribution < -0.4 is 4.74 Å². The van der Waals surface area contributed by atoms with E-state index in [1.54, 1.807) is 11.0 Å². The van der Waals surface area contributed by atoms with E-state index in [2.05, 4.69) is 0 Å². The van der Waals surface area contributed by atoms with Crippen molar-refractivity contribution in [3.8, 4) is 5.75 Å². The van der Waals surface area contributed by atoms with Crippen molar-refractivity contribution >= 4 is 28.8 Å². The Morgan fingerprint density at radius 2 is 2.17 bits per heavy atom. The molecule has 4 heterocycles. The van der Waals surface area contributed by atoms with Crippen LogP contribution in [0.5, 0.6) is 5.75 Å². The topological polar surface area (TPSA) is 76.1 Å². The number of fused-ring (bicyclic) bond motifs is 1. The third-order valence-electron chi connectivity index (χ3n) is 5.95. The van der Waals surface area contributed by atoms with Gasteiger partial charge >= 0.3 is 0 Å². The lowest BCUT2D eigenvalue weighted by atomic mass is 9.98. The predicted molar refractivity (Wildman–Crippen MR) is 113 cm³/mol. The summed E-state index contributed by atoms with van der Waals surface area (Å²) in [5.41, 5.74) is 1.67. The third-order valence-corrected chi connectivity index (χ3v) is 6.87. The van der Waals surface area contributed by atoms with Gasteiger partial charge in [0.1, 0.15) is 17.6 Å². The Kier molecular flexibility index (Phi) is 4.87. The molecule has 156 valence electrons. The number of ketones is 1. The molecule has 3 aliphatic rings. The molecule has 0 aliphatic carbocycles. The first-order valence-corrected chi connectivity index (χ1v) is 11.1. The zero-order valence-electron chi connectivity index (χ0n) is 16.7. The molecule has 5 rings (SSSR count). The highest BCUT2D eigenvalue weighted by atomic mass is 32.1. The number of thiophene rings is 1. The zero-order valence-corrected chi connectivity index (χ0v) is 17.5. The Morgan fingerprint density at radius 3 is 2.90 bits per heavy atom. The number of nitrogens with zero attached hydrogens (tertiary/aromatic N) is 1. The Balaban J connectivity index is 1.57. The molecule has 2 saturated heterocycles. The fourth-order valence-electron chi connectivity index (χ4n) is 4.54. The second-order valence-electron chi connectivity index (χ2n) is 8.06. The van der Waals surface area contributed by atoms with Gasteiger partial charge in [-0.3, -0.25) is 9.59 Å². The number of aliphatic hydroxyl groups excluding tert-OH is 1. The summed E-state index contributed by atoms with van der Waals surface area (Å²) < 4.78 is 11.4. The molecule has 2 aromatic rings. The Bertz CT molecular complexity index is 1020. The van der Waals surface area contributed by atoms with Crippen molar-refractivity contribution in [1.29, 1.82) is 0 Å². The van der Waals surface area contributed by atoms with E-state index in [1.165, 1.54) is 11.3 Å². The van der Waals surface area contributed by atoms with Gasteiger partial charge in [0.25, 0.3) is 11.7 Å². The lowest BCUT2D eigenvalue weighted by Crippen LogP contribution is -2.36. The summed E-state index contributed by atoms with van der Waals surface area (Å²) in [6.07, 6.45) is 2.57. The van der Waals surface area contributed by atoms with Crippen LogP contribution in [0, 0.1) is 0 Å². The molecule has 0 saturated carbocycles. The van der Waals surface area contributed by atoms with Crippen LogP contribution >= 0.6 is 11.3 Å². The van der Waals surface area contributed by atoms with Crippen molar-refractivity contribution < 1.29 is 24.2 Å². The van der Waals surface area contributed by atoms with Gasteiger partial charge < -0.3 is 19.5 Å². The molecule has 0 spiro atoms. The fraction of sp³-hybridized carbons (Fsp3) is 0.391. The molecule has 7 heteroatoms. The lowest BCUT2D eigenvalue weighted by molar-refractivity contribution is -0.140. The molecule has 0 radical (unpaired) electrons. The van der Waals surface area contributed by atoms with Gasteiger partial charge in [0.2, 0.25) is 0 Å². The number of ether oxygens (including phenoxy) is 2. The van der Waals surface area contributed by atoms with E-state index in [9.17, 15) is 14.7 Å². The van der Waals surface area contributed by atoms with Crippen LogP contribution in [0.25, 0.3) is 5.76 Å². The molecule has 1 N–H and O–H groups in total. The number of likely N-dealkylation sites (tertiary alicyclic amines) is 1. The van der Waals surface area contributed by atoms with Crippen LogP contribution in [0.3, 0.4) is 0 Å². The summed E-state index contributed by atoms with van der Waals surface area (Å²) in [5, 5.41) is 13.1. The van der Waals surface area contributed by atoms with Gasteiger partial charge in [-0.1, -0.05) is 6.07 Å². The molecule has 0 bridgehead atoms. The molecular weight excluding hydrogens is 402 g/mol. The summed E-state index contributed by atoms with van der Waals surface area (Å²) in [5.74, 6) is -0.561. The molecule has 3 aliphatic heterocycles. The molecule has 1 amide bonds. The summed E-state index contributed by atoms with van der Waals surface area (Å²) in [4.78, 5) is 28.4. The monoisotopic (exact) mass is 425 g/mol. The van der Waals surface area contributed by atoms with Crippen molar-refractivity contribution in [2.75, 3.05) is 13.2 Å². The number of rotatable bonds is 4. The minimum atomic E-state index is -0.644. The average Bonchev–Trinajstić information content (AvgIpc) is 3.51. The van der Waals surface area contributed by atoms with Crippen molar-refractivity contribution in [3.63, 3.8) is 0 Å². The smallest absolute Gasteiger partial charge is 0.295 e. The van der Waals surface area contributed by atoms with Gasteiger partial charge in [0, 0.05) is 30.0 Å². The minimum Gasteiger partial charge on any atom is -0.507 e. The number of amides is 1. The second-order valence-corrected chi connectivity index (χ2v) is 9.04. The predicted octanol–water partition coefficient (Wildman–Crippen LogP) is 3.67. The van der Waals surface area contributed by atoms with E-state index in [0.717, 1.165) is 35.5 Å². The van der Waals surface area contributed by atoms with Crippen molar-refractivity contribution in [3.05, 3.63) is 57.3 Å². The Morgan fingerprint density at radius 1 is 1.30 bits per heavy atom. The maximum atomic E-state index is 13.0. The standard InChI is InChI=1S/C23H23NO5S/c1-13-10-15-11-14(6-7-17(15)29-13)21(25)19-20(18-5-3-9-30-18)24(23(27)22(19)26)12-16-4-2-8-28-16/h3,5-7,9,11,13,16,20,25H,2,4,8,10,12H2,1H3/b21-19+. The van der Waals surface area contributed by atoms with E-state index < -0.39 is 17.7 Å². The molecule has 3 unspecified atom stereocenters. The van der Waals surface area contributed by atoms with Crippen LogP contribution in [0.2, 0.25) is 0 Å². The van der Waals surface area contributed by atoms with Gasteiger partial charge in [0.05, 0.1) is 17.7 Å². The number of hydrogen-bond acceptors (Lipinski definition) is 6. The average molecular weight is 426 g/mol. The van der Waals surface area contributed by atoms with Crippen molar-refractivity contribution in [2.45, 2.75) is 44.4 Å². The largest absolute Gasteiger partial charge is 0.507 e. The Labute approximate surface area is 178 Å². The maximum Gasteiger partial charge on any atom is 0.295 e. The van der Waals surface area contributed by atoms with E-state index in [0.29, 0.717) is 18.7 Å². The number of carbonyl (C=O) groups excluding carboxylic acids is 2. The first kappa shape index (κ1) is 19.3. The minimum absolute atomic E-state index is 0.0793. The lowest BCUT2D eigenvalue weighted by Gasteiger charge is -2.26. The van der Waals surface area contributed by atoms with E-state index >= 15 is 0 Å². The van der Waals surface area contributed by atoms with Crippen LogP contribution in [0.1, 0.15) is 41.8 Å². The van der Waals surface area contributed by atoms with E-state index in [1.807, 2.05) is 36.6 Å². The quantitative estimate of drug-likeness (QED) is 0.460. The molecule has 1 aromatic carbocycles. The van der Waals surface area contributed by atoms with Crippen LogP contribution in [-0.2, 0) is 20.7 Å². The van der Waals surface area contributed by atoms with E-state index in [-0.39, 0.29) is 23.5 Å². The van der Waals surface area contributed by atoms with Gasteiger partial charge in [-0.15, -0.1) is 11.3 Å². The molecule has 2 fully saturated rings.